The third kappa shape index (κ3) is 3.32. The summed E-state index contributed by atoms with van der Waals surface area (Å²) in [6.07, 6.45) is 4.88. The minimum absolute atomic E-state index is 0.267. The van der Waals surface area contributed by atoms with E-state index in [0.29, 0.717) is 38.7 Å². The first-order valence-electron chi connectivity index (χ1n) is 8.61. The Kier molecular flexibility index (Phi) is 4.75. The quantitative estimate of drug-likeness (QED) is 0.491. The van der Waals surface area contributed by atoms with E-state index in [1.165, 1.54) is 10.6 Å². The van der Waals surface area contributed by atoms with Gasteiger partial charge in [0.15, 0.2) is 0 Å². The Bertz CT molecular complexity index is 1280. The molecular formula is C22H15ClFN3O. The molecule has 2 aromatic heterocycles. The van der Waals surface area contributed by atoms with E-state index in [4.69, 9.17) is 11.6 Å². The largest absolute Gasteiger partial charge is 0.268 e. The zero-order chi connectivity index (χ0) is 19.7. The van der Waals surface area contributed by atoms with Crippen LogP contribution in [-0.4, -0.2) is 14.5 Å². The van der Waals surface area contributed by atoms with Gasteiger partial charge in [0, 0.05) is 16.8 Å². The minimum atomic E-state index is -0.349. The SMILES string of the molecule is Cc1ncccc1-n1c(/C=C/c2ccccc2F)nc2ccc(Cl)cc2c1=O. The van der Waals surface area contributed by atoms with Gasteiger partial charge >= 0.3 is 0 Å². The molecule has 0 saturated carbocycles. The second kappa shape index (κ2) is 7.37. The lowest BCUT2D eigenvalue weighted by Gasteiger charge is -2.13. The number of aryl methyl sites for hydroxylation is 1. The number of rotatable bonds is 3. The summed E-state index contributed by atoms with van der Waals surface area (Å²) in [4.78, 5) is 22.1. The van der Waals surface area contributed by atoms with Gasteiger partial charge in [0.05, 0.1) is 22.3 Å². The van der Waals surface area contributed by atoms with Crippen LogP contribution in [0.1, 0.15) is 17.1 Å². The van der Waals surface area contributed by atoms with Crippen LogP contribution in [0.4, 0.5) is 4.39 Å². The van der Waals surface area contributed by atoms with Crippen molar-refractivity contribution in [2.75, 3.05) is 0 Å². The van der Waals surface area contributed by atoms with Gasteiger partial charge in [0.1, 0.15) is 11.6 Å². The lowest BCUT2D eigenvalue weighted by molar-refractivity contribution is 0.625. The van der Waals surface area contributed by atoms with Crippen molar-refractivity contribution in [2.24, 2.45) is 0 Å². The van der Waals surface area contributed by atoms with Crippen LogP contribution in [0.15, 0.2) is 65.6 Å². The monoisotopic (exact) mass is 391 g/mol. The summed E-state index contributed by atoms with van der Waals surface area (Å²) in [6, 6.07) is 14.9. The lowest BCUT2D eigenvalue weighted by atomic mass is 10.2. The highest BCUT2D eigenvalue weighted by molar-refractivity contribution is 6.31. The molecule has 0 radical (unpaired) electrons. The van der Waals surface area contributed by atoms with E-state index in [2.05, 4.69) is 9.97 Å². The zero-order valence-corrected chi connectivity index (χ0v) is 15.7. The summed E-state index contributed by atoms with van der Waals surface area (Å²) in [5.41, 5.74) is 1.93. The molecule has 0 amide bonds. The number of aromatic nitrogens is 3. The summed E-state index contributed by atoms with van der Waals surface area (Å²) >= 11 is 6.07. The molecular weight excluding hydrogens is 377 g/mol. The Labute approximate surface area is 165 Å². The van der Waals surface area contributed by atoms with Crippen LogP contribution in [0, 0.1) is 12.7 Å². The van der Waals surface area contributed by atoms with Crippen LogP contribution in [0.3, 0.4) is 0 Å². The first kappa shape index (κ1) is 18.1. The average Bonchev–Trinajstić information content (AvgIpc) is 2.69. The molecule has 0 aliphatic heterocycles. The number of hydrogen-bond donors (Lipinski definition) is 0. The van der Waals surface area contributed by atoms with Crippen molar-refractivity contribution in [3.8, 4) is 5.69 Å². The van der Waals surface area contributed by atoms with E-state index in [-0.39, 0.29) is 11.4 Å². The molecule has 4 nitrogen and oxygen atoms in total. The predicted molar refractivity (Wildman–Crippen MR) is 110 cm³/mol. The van der Waals surface area contributed by atoms with Crippen molar-refractivity contribution in [3.63, 3.8) is 0 Å². The first-order chi connectivity index (χ1) is 13.5. The van der Waals surface area contributed by atoms with Crippen molar-refractivity contribution in [1.82, 2.24) is 14.5 Å². The Morgan fingerprint density at radius 3 is 2.68 bits per heavy atom. The highest BCUT2D eigenvalue weighted by Crippen LogP contribution is 2.20. The molecule has 2 aromatic carbocycles. The van der Waals surface area contributed by atoms with Crippen molar-refractivity contribution >= 4 is 34.7 Å². The average molecular weight is 392 g/mol. The van der Waals surface area contributed by atoms with Crippen molar-refractivity contribution in [2.45, 2.75) is 6.92 Å². The molecule has 0 fully saturated rings. The summed E-state index contributed by atoms with van der Waals surface area (Å²) < 4.78 is 15.5. The topological polar surface area (TPSA) is 47.8 Å². The molecule has 0 atom stereocenters. The van der Waals surface area contributed by atoms with E-state index in [1.807, 2.05) is 6.92 Å². The fraction of sp³-hybridized carbons (Fsp3) is 0.0455. The Hall–Kier alpha value is -3.31. The maximum Gasteiger partial charge on any atom is 0.266 e. The third-order valence-electron chi connectivity index (χ3n) is 4.39. The van der Waals surface area contributed by atoms with Gasteiger partial charge in [0.2, 0.25) is 0 Å². The number of halogens is 2. The molecule has 28 heavy (non-hydrogen) atoms. The van der Waals surface area contributed by atoms with Gasteiger partial charge in [0.25, 0.3) is 5.56 Å². The van der Waals surface area contributed by atoms with E-state index in [9.17, 15) is 9.18 Å². The highest BCUT2D eigenvalue weighted by atomic mass is 35.5. The van der Waals surface area contributed by atoms with Gasteiger partial charge in [-0.15, -0.1) is 0 Å². The van der Waals surface area contributed by atoms with Crippen LogP contribution >= 0.6 is 11.6 Å². The van der Waals surface area contributed by atoms with Gasteiger partial charge in [-0.05, 0) is 55.5 Å². The molecule has 0 N–H and O–H groups in total. The summed E-state index contributed by atoms with van der Waals surface area (Å²) in [6.45, 7) is 1.81. The molecule has 0 unspecified atom stereocenters. The Morgan fingerprint density at radius 2 is 1.89 bits per heavy atom. The fourth-order valence-corrected chi connectivity index (χ4v) is 3.18. The third-order valence-corrected chi connectivity index (χ3v) is 4.63. The fourth-order valence-electron chi connectivity index (χ4n) is 3.01. The number of pyridine rings is 1. The van der Waals surface area contributed by atoms with E-state index in [0.717, 1.165) is 0 Å². The summed E-state index contributed by atoms with van der Waals surface area (Å²) in [5, 5.41) is 0.856. The molecule has 0 spiro atoms. The zero-order valence-electron chi connectivity index (χ0n) is 14.9. The van der Waals surface area contributed by atoms with Crippen LogP contribution in [0.2, 0.25) is 5.02 Å². The number of fused-ring (bicyclic) bond motifs is 1. The van der Waals surface area contributed by atoms with Crippen molar-refractivity contribution in [1.29, 1.82) is 0 Å². The molecule has 138 valence electrons. The summed E-state index contributed by atoms with van der Waals surface area (Å²) in [5.74, 6) is 0.0250. The second-order valence-corrected chi connectivity index (χ2v) is 6.67. The maximum atomic E-state index is 14.0. The second-order valence-electron chi connectivity index (χ2n) is 6.23. The predicted octanol–water partition coefficient (Wildman–Crippen LogP) is 5.05. The lowest BCUT2D eigenvalue weighted by Crippen LogP contribution is -2.23. The number of benzene rings is 2. The van der Waals surface area contributed by atoms with Crippen LogP contribution in [0.25, 0.3) is 28.7 Å². The van der Waals surface area contributed by atoms with E-state index in [1.54, 1.807) is 66.9 Å². The maximum absolute atomic E-state index is 14.0. The Balaban J connectivity index is 2.00. The molecule has 4 rings (SSSR count). The Morgan fingerprint density at radius 1 is 1.07 bits per heavy atom. The van der Waals surface area contributed by atoms with Crippen molar-refractivity contribution < 1.29 is 4.39 Å². The van der Waals surface area contributed by atoms with Gasteiger partial charge < -0.3 is 0 Å². The first-order valence-corrected chi connectivity index (χ1v) is 8.99. The van der Waals surface area contributed by atoms with Crippen LogP contribution in [-0.2, 0) is 0 Å². The molecule has 4 aromatic rings. The number of nitrogens with zero attached hydrogens (tertiary/aromatic N) is 3. The van der Waals surface area contributed by atoms with E-state index < -0.39 is 0 Å². The minimum Gasteiger partial charge on any atom is -0.268 e. The molecule has 0 saturated heterocycles. The van der Waals surface area contributed by atoms with Gasteiger partial charge in [-0.2, -0.15) is 0 Å². The van der Waals surface area contributed by atoms with E-state index >= 15 is 0 Å². The normalized spacial score (nSPS) is 11.4. The van der Waals surface area contributed by atoms with Gasteiger partial charge in [-0.3, -0.25) is 14.3 Å². The molecule has 0 bridgehead atoms. The van der Waals surface area contributed by atoms with Gasteiger partial charge in [-0.25, -0.2) is 9.37 Å². The number of hydrogen-bond acceptors (Lipinski definition) is 3. The molecule has 0 aliphatic rings. The van der Waals surface area contributed by atoms with Gasteiger partial charge in [-0.1, -0.05) is 29.8 Å². The summed E-state index contributed by atoms with van der Waals surface area (Å²) in [7, 11) is 0. The molecule has 6 heteroatoms. The molecule has 2 heterocycles. The van der Waals surface area contributed by atoms with Crippen LogP contribution in [0.5, 0.6) is 0 Å². The highest BCUT2D eigenvalue weighted by Gasteiger charge is 2.13. The standard InChI is InChI=1S/C22H15ClFN3O/c1-14-20(7-4-12-25-14)27-21(11-8-15-5-2-3-6-18(15)24)26-19-10-9-16(23)13-17(19)22(27)28/h2-13H,1H3/b11-8+. The molecule has 0 aliphatic carbocycles. The van der Waals surface area contributed by atoms with Crippen molar-refractivity contribution in [3.05, 3.63) is 99.1 Å². The smallest absolute Gasteiger partial charge is 0.266 e. The van der Waals surface area contributed by atoms with Crippen LogP contribution < -0.4 is 5.56 Å².